The predicted octanol–water partition coefficient (Wildman–Crippen LogP) is 1.38. The third-order valence-electron chi connectivity index (χ3n) is 4.96. The minimum Gasteiger partial charge on any atom is -0.472 e. The van der Waals surface area contributed by atoms with E-state index in [1.165, 1.54) is 12.5 Å². The molecule has 3 unspecified atom stereocenters. The summed E-state index contributed by atoms with van der Waals surface area (Å²) < 4.78 is 16.9. The smallest absolute Gasteiger partial charge is 0.254 e. The molecular formula is C19H23N3O4. The summed E-state index contributed by atoms with van der Waals surface area (Å²) in [5.41, 5.74) is 2.37. The standard InChI is InChI=1S/C19H23N3O4/c1-13-3-2-4-15(20-13)11-26-18-16(9-22-6-8-25-12-17(18)22)21-19(23)14-5-7-24-10-14/h2-5,7,10,16-18H,6,8-9,11-12H2,1H3,(H,21,23). The molecule has 0 radical (unpaired) electrons. The minimum absolute atomic E-state index is 0.103. The summed E-state index contributed by atoms with van der Waals surface area (Å²) in [5, 5.41) is 3.09. The zero-order valence-electron chi connectivity index (χ0n) is 14.8. The molecule has 1 amide bonds. The summed E-state index contributed by atoms with van der Waals surface area (Å²) in [5.74, 6) is -0.146. The topological polar surface area (TPSA) is 76.8 Å². The number of amides is 1. The lowest BCUT2D eigenvalue weighted by Gasteiger charge is -2.32. The van der Waals surface area contributed by atoms with Gasteiger partial charge in [-0.3, -0.25) is 14.7 Å². The zero-order chi connectivity index (χ0) is 17.9. The van der Waals surface area contributed by atoms with Crippen molar-refractivity contribution in [3.63, 3.8) is 0 Å². The second-order valence-electron chi connectivity index (χ2n) is 6.78. The number of carbonyl (C=O) groups excluding carboxylic acids is 1. The largest absolute Gasteiger partial charge is 0.472 e. The molecule has 7 nitrogen and oxygen atoms in total. The highest BCUT2D eigenvalue weighted by Gasteiger charge is 2.44. The van der Waals surface area contributed by atoms with Gasteiger partial charge in [-0.2, -0.15) is 0 Å². The third-order valence-corrected chi connectivity index (χ3v) is 4.96. The highest BCUT2D eigenvalue weighted by Crippen LogP contribution is 2.25. The number of nitrogens with one attached hydrogen (secondary N) is 1. The van der Waals surface area contributed by atoms with Gasteiger partial charge in [0.2, 0.25) is 0 Å². The van der Waals surface area contributed by atoms with Crippen LogP contribution >= 0.6 is 0 Å². The van der Waals surface area contributed by atoms with Gasteiger partial charge < -0.3 is 19.2 Å². The fraction of sp³-hybridized carbons (Fsp3) is 0.474. The van der Waals surface area contributed by atoms with E-state index in [-0.39, 0.29) is 24.1 Å². The van der Waals surface area contributed by atoms with Crippen molar-refractivity contribution < 1.29 is 18.7 Å². The number of hydrogen-bond donors (Lipinski definition) is 1. The first-order chi connectivity index (χ1) is 12.7. The SMILES string of the molecule is Cc1cccc(COC2C(NC(=O)c3ccoc3)CN3CCOCC23)n1. The molecule has 2 saturated heterocycles. The second-order valence-corrected chi connectivity index (χ2v) is 6.78. The number of carbonyl (C=O) groups is 1. The summed E-state index contributed by atoms with van der Waals surface area (Å²) in [4.78, 5) is 19.3. The Morgan fingerprint density at radius 2 is 2.35 bits per heavy atom. The fourth-order valence-electron chi connectivity index (χ4n) is 3.67. The van der Waals surface area contributed by atoms with Gasteiger partial charge in [0.1, 0.15) is 6.26 Å². The first-order valence-corrected chi connectivity index (χ1v) is 8.90. The maximum atomic E-state index is 12.4. The van der Waals surface area contributed by atoms with Crippen molar-refractivity contribution in [3.05, 3.63) is 53.7 Å². The summed E-state index contributed by atoms with van der Waals surface area (Å²) >= 11 is 0. The van der Waals surface area contributed by atoms with Crippen LogP contribution in [-0.4, -0.2) is 60.3 Å². The summed E-state index contributed by atoms with van der Waals surface area (Å²) in [6, 6.07) is 7.59. The Kier molecular flexibility index (Phi) is 5.01. The average molecular weight is 357 g/mol. The van der Waals surface area contributed by atoms with E-state index in [1.807, 2.05) is 25.1 Å². The van der Waals surface area contributed by atoms with Crippen LogP contribution in [0.25, 0.3) is 0 Å². The van der Waals surface area contributed by atoms with Crippen LogP contribution in [0, 0.1) is 6.92 Å². The highest BCUT2D eigenvalue weighted by molar-refractivity contribution is 5.94. The summed E-state index contributed by atoms with van der Waals surface area (Å²) in [6.07, 6.45) is 2.80. The van der Waals surface area contributed by atoms with Crippen LogP contribution in [0.3, 0.4) is 0 Å². The van der Waals surface area contributed by atoms with Crippen LogP contribution in [0.2, 0.25) is 0 Å². The van der Waals surface area contributed by atoms with Gasteiger partial charge in [0.05, 0.1) is 55.5 Å². The minimum atomic E-state index is -0.146. The van der Waals surface area contributed by atoms with E-state index >= 15 is 0 Å². The molecule has 138 valence electrons. The summed E-state index contributed by atoms with van der Waals surface area (Å²) in [6.45, 7) is 5.31. The van der Waals surface area contributed by atoms with Crippen LogP contribution in [0.4, 0.5) is 0 Å². The number of aryl methyl sites for hydroxylation is 1. The molecule has 2 aliphatic rings. The monoisotopic (exact) mass is 357 g/mol. The molecule has 2 aliphatic heterocycles. The van der Waals surface area contributed by atoms with Crippen molar-refractivity contribution in [2.24, 2.45) is 0 Å². The van der Waals surface area contributed by atoms with Gasteiger partial charge >= 0.3 is 0 Å². The third kappa shape index (κ3) is 3.65. The number of fused-ring (bicyclic) bond motifs is 1. The lowest BCUT2D eigenvalue weighted by Crippen LogP contribution is -2.48. The lowest BCUT2D eigenvalue weighted by molar-refractivity contribution is -0.0538. The molecule has 0 aromatic carbocycles. The Bertz CT molecular complexity index is 749. The van der Waals surface area contributed by atoms with Crippen molar-refractivity contribution in [1.29, 1.82) is 0 Å². The van der Waals surface area contributed by atoms with Crippen LogP contribution in [0.5, 0.6) is 0 Å². The molecule has 0 aliphatic carbocycles. The van der Waals surface area contributed by atoms with Crippen LogP contribution < -0.4 is 5.32 Å². The Balaban J connectivity index is 1.46. The number of furan rings is 1. The van der Waals surface area contributed by atoms with E-state index < -0.39 is 0 Å². The van der Waals surface area contributed by atoms with E-state index in [9.17, 15) is 4.79 Å². The van der Waals surface area contributed by atoms with Crippen LogP contribution in [0.15, 0.2) is 41.2 Å². The fourth-order valence-corrected chi connectivity index (χ4v) is 3.67. The number of ether oxygens (including phenoxy) is 2. The van der Waals surface area contributed by atoms with Crippen LogP contribution in [-0.2, 0) is 16.1 Å². The maximum Gasteiger partial charge on any atom is 0.254 e. The predicted molar refractivity (Wildman–Crippen MR) is 93.7 cm³/mol. The zero-order valence-corrected chi connectivity index (χ0v) is 14.8. The van der Waals surface area contributed by atoms with Crippen molar-refractivity contribution in [3.8, 4) is 0 Å². The Morgan fingerprint density at radius 1 is 1.42 bits per heavy atom. The molecule has 2 fully saturated rings. The van der Waals surface area contributed by atoms with E-state index in [0.29, 0.717) is 25.4 Å². The molecule has 7 heteroatoms. The maximum absolute atomic E-state index is 12.4. The summed E-state index contributed by atoms with van der Waals surface area (Å²) in [7, 11) is 0. The van der Waals surface area contributed by atoms with Gasteiger partial charge in [0.15, 0.2) is 0 Å². The molecular weight excluding hydrogens is 334 g/mol. The van der Waals surface area contributed by atoms with Gasteiger partial charge in [0, 0.05) is 18.8 Å². The molecule has 2 aromatic heterocycles. The molecule has 0 spiro atoms. The van der Waals surface area contributed by atoms with Gasteiger partial charge in [0.25, 0.3) is 5.91 Å². The average Bonchev–Trinajstić information content (AvgIpc) is 3.28. The van der Waals surface area contributed by atoms with Gasteiger partial charge in [-0.05, 0) is 25.1 Å². The number of pyridine rings is 1. The van der Waals surface area contributed by atoms with E-state index in [4.69, 9.17) is 13.9 Å². The molecule has 4 heterocycles. The number of hydrogen-bond acceptors (Lipinski definition) is 6. The molecule has 2 aromatic rings. The van der Waals surface area contributed by atoms with Crippen LogP contribution in [0.1, 0.15) is 21.7 Å². The van der Waals surface area contributed by atoms with Gasteiger partial charge in [-0.1, -0.05) is 6.07 Å². The highest BCUT2D eigenvalue weighted by atomic mass is 16.5. The quantitative estimate of drug-likeness (QED) is 0.871. The second kappa shape index (κ2) is 7.57. The van der Waals surface area contributed by atoms with E-state index in [0.717, 1.165) is 24.5 Å². The van der Waals surface area contributed by atoms with Gasteiger partial charge in [-0.25, -0.2) is 0 Å². The van der Waals surface area contributed by atoms with Gasteiger partial charge in [-0.15, -0.1) is 0 Å². The van der Waals surface area contributed by atoms with Crippen molar-refractivity contribution in [2.75, 3.05) is 26.3 Å². The van der Waals surface area contributed by atoms with Crippen molar-refractivity contribution in [1.82, 2.24) is 15.2 Å². The van der Waals surface area contributed by atoms with E-state index in [2.05, 4.69) is 15.2 Å². The first kappa shape index (κ1) is 17.2. The number of nitrogens with zero attached hydrogens (tertiary/aromatic N) is 2. The molecule has 0 saturated carbocycles. The first-order valence-electron chi connectivity index (χ1n) is 8.90. The Labute approximate surface area is 152 Å². The Hall–Kier alpha value is -2.22. The van der Waals surface area contributed by atoms with Crippen molar-refractivity contribution >= 4 is 5.91 Å². The molecule has 4 rings (SSSR count). The number of rotatable bonds is 5. The number of morpholine rings is 1. The van der Waals surface area contributed by atoms with Crippen molar-refractivity contribution in [2.45, 2.75) is 31.7 Å². The normalized spacial score (nSPS) is 25.8. The molecule has 26 heavy (non-hydrogen) atoms. The van der Waals surface area contributed by atoms with E-state index in [1.54, 1.807) is 6.07 Å². The number of aromatic nitrogens is 1. The lowest BCUT2D eigenvalue weighted by atomic mass is 10.1. The Morgan fingerprint density at radius 3 is 3.15 bits per heavy atom. The molecule has 1 N–H and O–H groups in total. The molecule has 0 bridgehead atoms. The molecule has 3 atom stereocenters.